The van der Waals surface area contributed by atoms with Gasteiger partial charge in [0.2, 0.25) is 6.10 Å². The highest BCUT2D eigenvalue weighted by Gasteiger charge is 2.27. The topological polar surface area (TPSA) is 94.5 Å². The van der Waals surface area contributed by atoms with Crippen LogP contribution in [0, 0.1) is 0 Å². The van der Waals surface area contributed by atoms with Gasteiger partial charge < -0.3 is 24.2 Å². The first-order valence-corrected chi connectivity index (χ1v) is 10.5. The fraction of sp³-hybridized carbons (Fsp3) is 0.417. The molecule has 1 aliphatic rings. The van der Waals surface area contributed by atoms with Gasteiger partial charge >= 0.3 is 12.1 Å². The summed E-state index contributed by atoms with van der Waals surface area (Å²) in [5.41, 5.74) is 1.96. The molecule has 0 bridgehead atoms. The van der Waals surface area contributed by atoms with Crippen molar-refractivity contribution in [3.05, 3.63) is 59.2 Å². The van der Waals surface area contributed by atoms with E-state index in [0.29, 0.717) is 30.8 Å². The maximum atomic E-state index is 12.5. The van der Waals surface area contributed by atoms with Gasteiger partial charge in [-0.3, -0.25) is 0 Å². The number of esters is 1. The third kappa shape index (κ3) is 6.37. The molecule has 0 fully saturated rings. The van der Waals surface area contributed by atoms with Crippen LogP contribution in [0.25, 0.3) is 0 Å². The summed E-state index contributed by atoms with van der Waals surface area (Å²) in [6, 6.07) is 11.8. The summed E-state index contributed by atoms with van der Waals surface area (Å²) in [7, 11) is 0. The molecule has 2 aromatic rings. The maximum Gasteiger partial charge on any atom is 0.528 e. The molecule has 8 nitrogen and oxygen atoms in total. The lowest BCUT2D eigenvalue weighted by atomic mass is 10.0. The van der Waals surface area contributed by atoms with E-state index in [0.717, 1.165) is 11.1 Å². The molecule has 0 saturated heterocycles. The summed E-state index contributed by atoms with van der Waals surface area (Å²) in [6.45, 7) is 8.19. The van der Waals surface area contributed by atoms with Crippen LogP contribution in [0.15, 0.2) is 42.5 Å². The van der Waals surface area contributed by atoms with Crippen LogP contribution in [-0.4, -0.2) is 41.0 Å². The summed E-state index contributed by atoms with van der Waals surface area (Å²) < 4.78 is 16.4. The number of ether oxygens (including phenoxy) is 3. The van der Waals surface area contributed by atoms with Crippen LogP contribution >= 0.6 is 0 Å². The van der Waals surface area contributed by atoms with Crippen LogP contribution < -0.4 is 4.74 Å². The van der Waals surface area contributed by atoms with Crippen LogP contribution in [0.1, 0.15) is 50.5 Å². The summed E-state index contributed by atoms with van der Waals surface area (Å²) in [5.74, 6) is 0.0509. The Labute approximate surface area is 187 Å². The molecular weight excluding hydrogens is 414 g/mol. The Balaban J connectivity index is 1.74. The highest BCUT2D eigenvalue weighted by molar-refractivity contribution is 5.77. The first-order valence-electron chi connectivity index (χ1n) is 10.5. The zero-order valence-electron chi connectivity index (χ0n) is 18.8. The van der Waals surface area contributed by atoms with E-state index in [2.05, 4.69) is 0 Å². The average Bonchev–Trinajstić information content (AvgIpc) is 2.71. The molecule has 0 radical (unpaired) electrons. The molecule has 8 heteroatoms. The number of fused-ring (bicyclic) bond motifs is 1. The fourth-order valence-corrected chi connectivity index (χ4v) is 3.29. The number of hydrogen-bond donors (Lipinski definition) is 1. The van der Waals surface area contributed by atoms with E-state index in [1.54, 1.807) is 51.0 Å². The van der Waals surface area contributed by atoms with Crippen molar-refractivity contribution in [3.63, 3.8) is 0 Å². The van der Waals surface area contributed by atoms with Gasteiger partial charge in [0, 0.05) is 12.1 Å². The van der Waals surface area contributed by atoms with Gasteiger partial charge in [0.25, 0.3) is 0 Å². The van der Waals surface area contributed by atoms with E-state index in [1.165, 1.54) is 12.1 Å². The second kappa shape index (κ2) is 9.91. The van der Waals surface area contributed by atoms with Crippen molar-refractivity contribution < 1.29 is 33.7 Å². The van der Waals surface area contributed by atoms with E-state index in [-0.39, 0.29) is 12.4 Å². The molecule has 1 aliphatic heterocycles. The van der Waals surface area contributed by atoms with Crippen LogP contribution in [-0.2, 0) is 32.1 Å². The average molecular weight is 443 g/mol. The zero-order valence-corrected chi connectivity index (χ0v) is 18.8. The van der Waals surface area contributed by atoms with Gasteiger partial charge in [-0.25, -0.2) is 9.59 Å². The molecule has 0 amide bonds. The largest absolute Gasteiger partial charge is 0.528 e. The Morgan fingerprint density at radius 3 is 2.47 bits per heavy atom. The lowest BCUT2D eigenvalue weighted by Gasteiger charge is -2.29. The zero-order chi connectivity index (χ0) is 23.3. The predicted molar refractivity (Wildman–Crippen MR) is 116 cm³/mol. The fourth-order valence-electron chi connectivity index (χ4n) is 3.29. The lowest BCUT2D eigenvalue weighted by molar-refractivity contribution is -0.152. The number of nitrogens with zero attached hydrogens (tertiary/aromatic N) is 1. The first-order chi connectivity index (χ1) is 15.1. The Kier molecular flexibility index (Phi) is 7.25. The van der Waals surface area contributed by atoms with E-state index < -0.39 is 23.8 Å². The number of carbonyl (C=O) groups is 2. The van der Waals surface area contributed by atoms with E-state index >= 15 is 0 Å². The van der Waals surface area contributed by atoms with Crippen molar-refractivity contribution >= 4 is 12.1 Å². The van der Waals surface area contributed by atoms with Crippen molar-refractivity contribution in [2.75, 3.05) is 13.2 Å². The smallest absolute Gasteiger partial charge is 0.508 e. The molecule has 1 N–H and O–H groups in total. The molecule has 0 aliphatic carbocycles. The quantitative estimate of drug-likeness (QED) is 0.661. The molecule has 1 heterocycles. The Hall–Kier alpha value is -3.26. The van der Waals surface area contributed by atoms with E-state index in [4.69, 9.17) is 19.0 Å². The minimum absolute atomic E-state index is 0.0928. The van der Waals surface area contributed by atoms with Gasteiger partial charge in [0.15, 0.2) is 0 Å². The van der Waals surface area contributed by atoms with E-state index in [1.807, 2.05) is 12.1 Å². The van der Waals surface area contributed by atoms with E-state index in [9.17, 15) is 14.7 Å². The van der Waals surface area contributed by atoms with Crippen LogP contribution in [0.4, 0.5) is 4.79 Å². The summed E-state index contributed by atoms with van der Waals surface area (Å²) >= 11 is 0. The van der Waals surface area contributed by atoms with Crippen molar-refractivity contribution in [3.8, 4) is 11.5 Å². The summed E-state index contributed by atoms with van der Waals surface area (Å²) in [6.07, 6.45) is -1.04. The number of carbonyl (C=O) groups excluding carboxylic acids is 2. The van der Waals surface area contributed by atoms with Gasteiger partial charge in [-0.2, -0.15) is 0 Å². The molecule has 172 valence electrons. The maximum absolute atomic E-state index is 12.5. The molecule has 0 spiro atoms. The summed E-state index contributed by atoms with van der Waals surface area (Å²) in [5, 5.41) is 11.1. The van der Waals surface area contributed by atoms with Gasteiger partial charge in [-0.05, 0) is 69.5 Å². The second-order valence-electron chi connectivity index (χ2n) is 8.44. The molecule has 3 rings (SSSR count). The molecule has 0 saturated carbocycles. The third-order valence-corrected chi connectivity index (χ3v) is 4.70. The van der Waals surface area contributed by atoms with Crippen LogP contribution in [0.2, 0.25) is 0 Å². The molecule has 1 unspecified atom stereocenters. The third-order valence-electron chi connectivity index (χ3n) is 4.70. The molecule has 1 atom stereocenters. The number of hydrogen-bond acceptors (Lipinski definition) is 8. The van der Waals surface area contributed by atoms with Crippen molar-refractivity contribution in [1.82, 2.24) is 5.06 Å². The molecule has 2 aromatic carbocycles. The number of hydroxylamine groups is 2. The highest BCUT2D eigenvalue weighted by Crippen LogP contribution is 2.29. The first kappa shape index (κ1) is 23.4. The predicted octanol–water partition coefficient (Wildman–Crippen LogP) is 4.30. The minimum atomic E-state index is -0.980. The minimum Gasteiger partial charge on any atom is -0.508 e. The Morgan fingerprint density at radius 1 is 1.09 bits per heavy atom. The number of phenolic OH excluding ortho intramolecular Hbond substituents is 1. The standard InChI is InChI=1S/C24H29NO7/c1-5-29-22(27)21(17-6-9-19(26)10-7-17)30-20-11-8-16-12-13-25(15-18(16)14-20)32-23(28)31-24(2,3)4/h6-11,14,21,26H,5,12-13,15H2,1-4H3. The number of benzene rings is 2. The number of phenols is 1. The second-order valence-corrected chi connectivity index (χ2v) is 8.44. The Bertz CT molecular complexity index is 950. The normalized spacial score (nSPS) is 14.8. The number of rotatable bonds is 6. The van der Waals surface area contributed by atoms with Crippen LogP contribution in [0.3, 0.4) is 0 Å². The highest BCUT2D eigenvalue weighted by atomic mass is 16.8. The monoisotopic (exact) mass is 443 g/mol. The van der Waals surface area contributed by atoms with Gasteiger partial charge in [-0.1, -0.05) is 18.2 Å². The summed E-state index contributed by atoms with van der Waals surface area (Å²) in [4.78, 5) is 29.8. The van der Waals surface area contributed by atoms with Gasteiger partial charge in [0.05, 0.1) is 13.2 Å². The molecule has 0 aromatic heterocycles. The molecular formula is C24H29NO7. The molecule has 32 heavy (non-hydrogen) atoms. The number of aromatic hydroxyl groups is 1. The van der Waals surface area contributed by atoms with Gasteiger partial charge in [-0.15, -0.1) is 5.06 Å². The van der Waals surface area contributed by atoms with Crippen molar-refractivity contribution in [1.29, 1.82) is 0 Å². The Morgan fingerprint density at radius 2 is 1.81 bits per heavy atom. The SMILES string of the molecule is CCOC(=O)C(Oc1ccc2c(c1)CN(OC(=O)OC(C)(C)C)CC2)c1ccc(O)cc1. The van der Waals surface area contributed by atoms with Crippen molar-refractivity contribution in [2.45, 2.75) is 52.4 Å². The van der Waals surface area contributed by atoms with Crippen LogP contribution in [0.5, 0.6) is 11.5 Å². The van der Waals surface area contributed by atoms with Crippen molar-refractivity contribution in [2.24, 2.45) is 0 Å². The lowest BCUT2D eigenvalue weighted by Crippen LogP contribution is -2.35. The van der Waals surface area contributed by atoms with Gasteiger partial charge in [0.1, 0.15) is 17.1 Å².